The van der Waals surface area contributed by atoms with Gasteiger partial charge in [0, 0.05) is 6.42 Å². The fraction of sp³-hybridized carbons (Fsp3) is 0.148. The normalized spacial score (nSPS) is 14.0. The smallest absolute Gasteiger partial charge is 0.744 e. The van der Waals surface area contributed by atoms with E-state index in [-0.39, 0.29) is 144 Å². The zero-order chi connectivity index (χ0) is 33.1. The molecule has 0 bridgehead atoms. The molecule has 20 heteroatoms. The summed E-state index contributed by atoms with van der Waals surface area (Å²) in [6.07, 6.45) is 3.46. The van der Waals surface area contributed by atoms with Gasteiger partial charge in [0.25, 0.3) is 11.5 Å². The van der Waals surface area contributed by atoms with Crippen molar-refractivity contribution in [2.75, 3.05) is 11.6 Å². The summed E-state index contributed by atoms with van der Waals surface area (Å²) in [6.45, 7) is 2.99. The Balaban J connectivity index is 0.00000384. The molecule has 0 fully saturated rings. The van der Waals surface area contributed by atoms with Gasteiger partial charge in [-0.3, -0.25) is 19.5 Å². The number of benzene rings is 2. The van der Waals surface area contributed by atoms with Gasteiger partial charge in [0.05, 0.1) is 33.3 Å². The van der Waals surface area contributed by atoms with Crippen molar-refractivity contribution < 1.29 is 153 Å². The second-order valence-corrected chi connectivity index (χ2v) is 11.7. The van der Waals surface area contributed by atoms with Gasteiger partial charge in [-0.2, -0.15) is 10.1 Å². The summed E-state index contributed by atoms with van der Waals surface area (Å²) in [5.74, 6) is -2.80. The Labute approximate surface area is 353 Å². The number of nitrogens with one attached hydrogen (secondary N) is 1. The molecule has 0 spiro atoms. The third-order valence-electron chi connectivity index (χ3n) is 6.02. The molecule has 3 aromatic rings. The third kappa shape index (κ3) is 9.85. The Hall–Kier alpha value is -1.90. The molecule has 0 unspecified atom stereocenters. The van der Waals surface area contributed by atoms with E-state index in [2.05, 4.69) is 10.2 Å². The first-order valence-electron chi connectivity index (χ1n) is 12.8. The van der Waals surface area contributed by atoms with Crippen LogP contribution in [0.15, 0.2) is 85.9 Å². The van der Waals surface area contributed by atoms with Crippen molar-refractivity contribution in [2.24, 2.45) is 5.10 Å². The minimum atomic E-state index is -4.76. The Morgan fingerprint density at radius 3 is 1.91 bits per heavy atom. The topological polar surface area (TPSA) is 237 Å². The zero-order valence-electron chi connectivity index (χ0n) is 25.3. The number of nitrogens with zero attached hydrogens (tertiary/aromatic N) is 3. The number of rotatable bonds is 10. The molecule has 1 N–H and O–H groups in total. The van der Waals surface area contributed by atoms with Crippen LogP contribution in [0.25, 0.3) is 11.8 Å². The van der Waals surface area contributed by atoms with Crippen LogP contribution in [0.3, 0.4) is 0 Å². The summed E-state index contributed by atoms with van der Waals surface area (Å²) < 4.78 is 78.7. The standard InChI is InChI=1S/C27H24N4O12S2.2K/c1-3-22(32)43-24-21(26(34)31(29-24)17-10-14-19(15-11-17)45(39,40)41)7-5-6-20-23(27(35)42-4-2)28-30(25(20)33)16-8-12-18(13-9-16)44(36,37)38;;/h5-15,29H,3-4H2,1-2H3,(H,36,37,38)(H,39,40,41);;/q;2*+1/p-2. The number of carbonyl (C=O) groups is 3. The van der Waals surface area contributed by atoms with Crippen molar-refractivity contribution in [3.63, 3.8) is 0 Å². The van der Waals surface area contributed by atoms with E-state index in [4.69, 9.17) is 9.47 Å². The molecule has 47 heavy (non-hydrogen) atoms. The van der Waals surface area contributed by atoms with Gasteiger partial charge in [0.15, 0.2) is 5.71 Å². The number of carbonyl (C=O) groups excluding carboxylic acids is 3. The van der Waals surface area contributed by atoms with E-state index in [1.807, 2.05) is 0 Å². The average molecular weight is 737 g/mol. The van der Waals surface area contributed by atoms with Crippen LogP contribution in [0.2, 0.25) is 0 Å². The van der Waals surface area contributed by atoms with Gasteiger partial charge in [0.1, 0.15) is 25.8 Å². The predicted octanol–water partition coefficient (Wildman–Crippen LogP) is -4.80. The molecule has 0 aliphatic carbocycles. The molecule has 1 aliphatic heterocycles. The number of aromatic nitrogens is 2. The second kappa shape index (κ2) is 17.2. The van der Waals surface area contributed by atoms with Gasteiger partial charge >= 0.3 is 115 Å². The van der Waals surface area contributed by atoms with Crippen molar-refractivity contribution in [3.05, 3.63) is 82.2 Å². The van der Waals surface area contributed by atoms with Crippen LogP contribution in [0, 0.1) is 0 Å². The molecule has 0 saturated carbocycles. The van der Waals surface area contributed by atoms with E-state index < -0.39 is 59.1 Å². The van der Waals surface area contributed by atoms with Gasteiger partial charge < -0.3 is 18.6 Å². The van der Waals surface area contributed by atoms with Crippen molar-refractivity contribution in [3.8, 4) is 11.6 Å². The summed E-state index contributed by atoms with van der Waals surface area (Å²) in [6, 6.07) is 8.55. The van der Waals surface area contributed by atoms with E-state index in [0.29, 0.717) is 0 Å². The van der Waals surface area contributed by atoms with E-state index in [0.717, 1.165) is 52.2 Å². The SMILES string of the molecule is CCOC(=O)C1=NN(c2ccc(S(=O)(=O)[O-])cc2)C(=O)C1=CC=Cc1c(OC(=O)CC)[nH]n(-c2ccc(S(=O)(=O)[O-])cc2)c1=O.[K+].[K+]. The molecule has 4 rings (SSSR count). The summed E-state index contributed by atoms with van der Waals surface area (Å²) in [5.41, 5.74) is -1.55. The minimum absolute atomic E-state index is 0. The summed E-state index contributed by atoms with van der Waals surface area (Å²) in [4.78, 5) is 50.1. The first-order valence-corrected chi connectivity index (χ1v) is 15.6. The van der Waals surface area contributed by atoms with Crippen LogP contribution in [0.1, 0.15) is 25.8 Å². The zero-order valence-corrected chi connectivity index (χ0v) is 33.2. The van der Waals surface area contributed by atoms with Crippen molar-refractivity contribution in [1.29, 1.82) is 0 Å². The maximum Gasteiger partial charge on any atom is 1.00 e. The third-order valence-corrected chi connectivity index (χ3v) is 7.72. The van der Waals surface area contributed by atoms with E-state index in [1.165, 1.54) is 38.1 Å². The summed E-state index contributed by atoms with van der Waals surface area (Å²) >= 11 is 0. The number of aromatic amines is 1. The number of anilines is 1. The number of ether oxygens (including phenoxy) is 2. The van der Waals surface area contributed by atoms with Gasteiger partial charge in [-0.1, -0.05) is 13.0 Å². The van der Waals surface area contributed by atoms with Crippen LogP contribution < -0.4 is 118 Å². The molecule has 2 heterocycles. The molecule has 236 valence electrons. The Kier molecular flexibility index (Phi) is 15.1. The van der Waals surface area contributed by atoms with Gasteiger partial charge in [-0.15, -0.1) is 0 Å². The molecule has 0 atom stereocenters. The minimum Gasteiger partial charge on any atom is -0.744 e. The molecule has 0 saturated heterocycles. The van der Waals surface area contributed by atoms with E-state index >= 15 is 0 Å². The average Bonchev–Trinajstić information content (AvgIpc) is 3.48. The van der Waals surface area contributed by atoms with Gasteiger partial charge in [0.2, 0.25) is 5.88 Å². The van der Waals surface area contributed by atoms with E-state index in [9.17, 15) is 45.1 Å². The van der Waals surface area contributed by atoms with Crippen molar-refractivity contribution >= 4 is 55.6 Å². The van der Waals surface area contributed by atoms with E-state index in [1.54, 1.807) is 0 Å². The maximum atomic E-state index is 13.3. The van der Waals surface area contributed by atoms with Crippen LogP contribution in [-0.2, 0) is 39.4 Å². The molecular formula is C27H22K2N4O12S2. The second-order valence-electron chi connectivity index (χ2n) is 8.94. The molecule has 1 amide bonds. The molecule has 2 aromatic carbocycles. The quantitative estimate of drug-likeness (QED) is 0.0894. The largest absolute Gasteiger partial charge is 1.00 e. The Morgan fingerprint density at radius 2 is 1.43 bits per heavy atom. The Morgan fingerprint density at radius 1 is 0.894 bits per heavy atom. The maximum absolute atomic E-state index is 13.3. The molecule has 16 nitrogen and oxygen atoms in total. The summed E-state index contributed by atoms with van der Waals surface area (Å²) in [7, 11) is -9.51. The first-order chi connectivity index (χ1) is 21.1. The molecule has 1 aromatic heterocycles. The Bertz CT molecular complexity index is 2050. The number of allylic oxidation sites excluding steroid dienone is 2. The molecular weight excluding hydrogens is 715 g/mol. The van der Waals surface area contributed by atoms with Crippen molar-refractivity contribution in [1.82, 2.24) is 9.78 Å². The fourth-order valence-electron chi connectivity index (χ4n) is 3.87. The molecule has 0 radical (unpaired) electrons. The molecule has 1 aliphatic rings. The van der Waals surface area contributed by atoms with Crippen LogP contribution >= 0.6 is 0 Å². The number of hydrazone groups is 1. The van der Waals surface area contributed by atoms with Gasteiger partial charge in [-0.25, -0.2) is 26.3 Å². The number of H-pyrrole nitrogens is 1. The predicted molar refractivity (Wildman–Crippen MR) is 153 cm³/mol. The number of hydrogen-bond donors (Lipinski definition) is 1. The van der Waals surface area contributed by atoms with Crippen LogP contribution in [0.4, 0.5) is 5.69 Å². The van der Waals surface area contributed by atoms with Crippen LogP contribution in [0.5, 0.6) is 5.88 Å². The monoisotopic (exact) mass is 736 g/mol. The number of amides is 1. The summed E-state index contributed by atoms with van der Waals surface area (Å²) in [5, 5.41) is 7.38. The van der Waals surface area contributed by atoms with Crippen molar-refractivity contribution in [2.45, 2.75) is 30.1 Å². The number of hydrogen-bond acceptors (Lipinski definition) is 13. The van der Waals surface area contributed by atoms with Gasteiger partial charge in [-0.05, 0) is 67.6 Å². The first kappa shape index (κ1) is 41.3. The fourth-order valence-corrected chi connectivity index (χ4v) is 4.81. The number of esters is 2. The van der Waals surface area contributed by atoms with Crippen LogP contribution in [-0.4, -0.2) is 65.9 Å².